The van der Waals surface area contributed by atoms with Gasteiger partial charge in [-0.25, -0.2) is 4.39 Å². The van der Waals surface area contributed by atoms with Crippen LogP contribution in [0.15, 0.2) is 18.2 Å². The van der Waals surface area contributed by atoms with Crippen LogP contribution in [-0.2, 0) is 0 Å². The Hall–Kier alpha value is -1.13. The summed E-state index contributed by atoms with van der Waals surface area (Å²) >= 11 is 0. The van der Waals surface area contributed by atoms with Gasteiger partial charge in [-0.1, -0.05) is 6.07 Å². The predicted molar refractivity (Wildman–Crippen MR) is 47.0 cm³/mol. The van der Waals surface area contributed by atoms with Gasteiger partial charge in [0, 0.05) is 0 Å². The zero-order chi connectivity index (χ0) is 9.84. The molecular formula is C9H12FNO2. The molecule has 1 atom stereocenters. The first kappa shape index (κ1) is 9.95. The molecule has 0 radical (unpaired) electrons. The minimum atomic E-state index is -0.491. The lowest BCUT2D eigenvalue weighted by Gasteiger charge is -2.10. The van der Waals surface area contributed by atoms with Gasteiger partial charge in [-0.2, -0.15) is 0 Å². The first-order valence-electron chi connectivity index (χ1n) is 3.89. The monoisotopic (exact) mass is 185 g/mol. The maximum atomic E-state index is 12.9. The molecule has 0 aromatic heterocycles. The maximum Gasteiger partial charge on any atom is 0.165 e. The second-order valence-corrected chi connectivity index (χ2v) is 2.68. The molecule has 72 valence electrons. The molecule has 1 aromatic rings. The number of nitrogens with two attached hydrogens (primary N) is 1. The second kappa shape index (κ2) is 4.20. The first-order valence-corrected chi connectivity index (χ1v) is 3.89. The Labute approximate surface area is 75.9 Å². The Balaban J connectivity index is 2.99. The minimum absolute atomic E-state index is 0.140. The van der Waals surface area contributed by atoms with Gasteiger partial charge in [0.2, 0.25) is 0 Å². The molecule has 1 unspecified atom stereocenters. The van der Waals surface area contributed by atoms with Crippen LogP contribution in [0.25, 0.3) is 0 Å². The highest BCUT2D eigenvalue weighted by atomic mass is 19.1. The van der Waals surface area contributed by atoms with Gasteiger partial charge in [0.05, 0.1) is 19.8 Å². The molecule has 0 fully saturated rings. The zero-order valence-corrected chi connectivity index (χ0v) is 7.33. The number of benzene rings is 1. The lowest BCUT2D eigenvalue weighted by molar-refractivity contribution is 0.267. The van der Waals surface area contributed by atoms with Gasteiger partial charge in [-0.05, 0) is 17.7 Å². The van der Waals surface area contributed by atoms with E-state index in [0.717, 1.165) is 0 Å². The Morgan fingerprint density at radius 1 is 1.62 bits per heavy atom. The van der Waals surface area contributed by atoms with Crippen LogP contribution < -0.4 is 10.5 Å². The Kier molecular flexibility index (Phi) is 3.22. The number of aliphatic hydroxyl groups excluding tert-OH is 1. The van der Waals surface area contributed by atoms with Crippen molar-refractivity contribution in [2.24, 2.45) is 5.73 Å². The highest BCUT2D eigenvalue weighted by Gasteiger charge is 2.08. The third-order valence-electron chi connectivity index (χ3n) is 1.80. The van der Waals surface area contributed by atoms with Crippen molar-refractivity contribution in [2.45, 2.75) is 6.04 Å². The van der Waals surface area contributed by atoms with Crippen LogP contribution in [0.1, 0.15) is 11.6 Å². The number of ether oxygens (including phenoxy) is 1. The number of aliphatic hydroxyl groups is 1. The molecule has 0 aliphatic heterocycles. The van der Waals surface area contributed by atoms with Crippen molar-refractivity contribution >= 4 is 0 Å². The van der Waals surface area contributed by atoms with E-state index in [4.69, 9.17) is 15.6 Å². The van der Waals surface area contributed by atoms with Crippen LogP contribution in [0.2, 0.25) is 0 Å². The highest BCUT2D eigenvalue weighted by molar-refractivity contribution is 5.31. The van der Waals surface area contributed by atoms with E-state index in [1.54, 1.807) is 0 Å². The van der Waals surface area contributed by atoms with Crippen LogP contribution in [0.3, 0.4) is 0 Å². The van der Waals surface area contributed by atoms with Crippen molar-refractivity contribution in [3.8, 4) is 5.75 Å². The summed E-state index contributed by atoms with van der Waals surface area (Å²) < 4.78 is 17.7. The fourth-order valence-corrected chi connectivity index (χ4v) is 1.01. The summed E-state index contributed by atoms with van der Waals surface area (Å²) in [5.41, 5.74) is 6.19. The molecule has 0 bridgehead atoms. The van der Waals surface area contributed by atoms with E-state index in [1.807, 2.05) is 0 Å². The normalized spacial score (nSPS) is 12.6. The molecule has 0 amide bonds. The average Bonchev–Trinajstić information content (AvgIpc) is 2.17. The standard InChI is InChI=1S/C9H12FNO2/c1-13-9-4-6(8(11)5-12)2-3-7(9)10/h2-4,8,12H,5,11H2,1H3. The fourth-order valence-electron chi connectivity index (χ4n) is 1.01. The highest BCUT2D eigenvalue weighted by Crippen LogP contribution is 2.21. The largest absolute Gasteiger partial charge is 0.494 e. The Morgan fingerprint density at radius 3 is 2.85 bits per heavy atom. The molecule has 1 rings (SSSR count). The van der Waals surface area contributed by atoms with Crippen molar-refractivity contribution in [3.05, 3.63) is 29.6 Å². The molecule has 0 aliphatic rings. The van der Waals surface area contributed by atoms with E-state index in [2.05, 4.69) is 0 Å². The summed E-state index contributed by atoms with van der Waals surface area (Å²) in [6.45, 7) is -0.172. The molecule has 0 saturated carbocycles. The average molecular weight is 185 g/mol. The maximum absolute atomic E-state index is 12.9. The number of hydrogen-bond acceptors (Lipinski definition) is 3. The van der Waals surface area contributed by atoms with Gasteiger partial charge < -0.3 is 15.6 Å². The smallest absolute Gasteiger partial charge is 0.165 e. The fraction of sp³-hybridized carbons (Fsp3) is 0.333. The van der Waals surface area contributed by atoms with Crippen LogP contribution in [0, 0.1) is 5.82 Å². The van der Waals surface area contributed by atoms with Gasteiger partial charge in [0.1, 0.15) is 0 Å². The molecule has 3 nitrogen and oxygen atoms in total. The quantitative estimate of drug-likeness (QED) is 0.733. The summed E-state index contributed by atoms with van der Waals surface area (Å²) in [6.07, 6.45) is 0. The van der Waals surface area contributed by atoms with Gasteiger partial charge in [0.25, 0.3) is 0 Å². The Bertz CT molecular complexity index is 291. The van der Waals surface area contributed by atoms with Crippen LogP contribution in [-0.4, -0.2) is 18.8 Å². The third kappa shape index (κ3) is 2.17. The van der Waals surface area contributed by atoms with Crippen molar-refractivity contribution < 1.29 is 14.2 Å². The lowest BCUT2D eigenvalue weighted by Crippen LogP contribution is -2.14. The van der Waals surface area contributed by atoms with Crippen LogP contribution >= 0.6 is 0 Å². The number of methoxy groups -OCH3 is 1. The number of rotatable bonds is 3. The van der Waals surface area contributed by atoms with E-state index >= 15 is 0 Å². The van der Waals surface area contributed by atoms with Gasteiger partial charge in [0.15, 0.2) is 11.6 Å². The molecular weight excluding hydrogens is 173 g/mol. The van der Waals surface area contributed by atoms with Crippen LogP contribution in [0.4, 0.5) is 4.39 Å². The lowest BCUT2D eigenvalue weighted by atomic mass is 10.1. The van der Waals surface area contributed by atoms with Crippen molar-refractivity contribution in [2.75, 3.05) is 13.7 Å². The summed E-state index contributed by atoms with van der Waals surface area (Å²) in [4.78, 5) is 0. The van der Waals surface area contributed by atoms with E-state index in [9.17, 15) is 4.39 Å². The van der Waals surface area contributed by atoms with Crippen molar-refractivity contribution in [1.29, 1.82) is 0 Å². The molecule has 0 aliphatic carbocycles. The topological polar surface area (TPSA) is 55.5 Å². The van der Waals surface area contributed by atoms with E-state index < -0.39 is 11.9 Å². The summed E-state index contributed by atoms with van der Waals surface area (Å²) in [7, 11) is 1.38. The second-order valence-electron chi connectivity index (χ2n) is 2.68. The van der Waals surface area contributed by atoms with Crippen molar-refractivity contribution in [1.82, 2.24) is 0 Å². The zero-order valence-electron chi connectivity index (χ0n) is 7.33. The summed E-state index contributed by atoms with van der Waals surface area (Å²) in [5.74, 6) is -0.294. The summed E-state index contributed by atoms with van der Waals surface area (Å²) in [6, 6.07) is 3.79. The SMILES string of the molecule is COc1cc(C(N)CO)ccc1F. The number of halogens is 1. The van der Waals surface area contributed by atoms with E-state index in [1.165, 1.54) is 25.3 Å². The molecule has 1 aromatic carbocycles. The molecule has 0 saturated heterocycles. The molecule has 0 spiro atoms. The van der Waals surface area contributed by atoms with Gasteiger partial charge >= 0.3 is 0 Å². The third-order valence-corrected chi connectivity index (χ3v) is 1.80. The van der Waals surface area contributed by atoms with E-state index in [-0.39, 0.29) is 12.4 Å². The molecule has 4 heteroatoms. The molecule has 3 N–H and O–H groups in total. The van der Waals surface area contributed by atoms with Gasteiger partial charge in [-0.3, -0.25) is 0 Å². The first-order chi connectivity index (χ1) is 6.19. The van der Waals surface area contributed by atoms with Crippen molar-refractivity contribution in [3.63, 3.8) is 0 Å². The van der Waals surface area contributed by atoms with E-state index in [0.29, 0.717) is 5.56 Å². The predicted octanol–water partition coefficient (Wildman–Crippen LogP) is 0.826. The number of hydrogen-bond donors (Lipinski definition) is 2. The Morgan fingerprint density at radius 2 is 2.31 bits per heavy atom. The van der Waals surface area contributed by atoms with Gasteiger partial charge in [-0.15, -0.1) is 0 Å². The summed E-state index contributed by atoms with van der Waals surface area (Å²) in [5, 5.41) is 8.76. The minimum Gasteiger partial charge on any atom is -0.494 e. The van der Waals surface area contributed by atoms with Crippen LogP contribution in [0.5, 0.6) is 5.75 Å². The molecule has 13 heavy (non-hydrogen) atoms. The molecule has 0 heterocycles.